The minimum Gasteiger partial charge on any atom is -0.480 e. The number of amides is 3. The first kappa shape index (κ1) is 19.0. The summed E-state index contributed by atoms with van der Waals surface area (Å²) >= 11 is 0. The van der Waals surface area contributed by atoms with Crippen molar-refractivity contribution in [2.45, 2.75) is 31.2 Å². The van der Waals surface area contributed by atoms with E-state index in [1.165, 1.54) is 0 Å². The van der Waals surface area contributed by atoms with Gasteiger partial charge in [0.25, 0.3) is 0 Å². The Balaban J connectivity index is 1.46. The standard InChI is InChI=1S/C22H22N2O5/c25-20-13-19(21(26)27)24(20)22(28)23-11-5-7-16(14-23)15-6-4-10-18(12-15)29-17-8-2-1-3-9-17/h1-4,6,8-10,12,16,19H,5,7,11,13-14H2,(H,26,27). The molecule has 0 radical (unpaired) electrons. The van der Waals surface area contributed by atoms with Gasteiger partial charge in [0.05, 0.1) is 6.42 Å². The number of likely N-dealkylation sites (tertiary alicyclic amines) is 2. The number of carbonyl (C=O) groups excluding carboxylic acids is 2. The molecule has 2 atom stereocenters. The van der Waals surface area contributed by atoms with Gasteiger partial charge in [0.1, 0.15) is 17.5 Å². The predicted octanol–water partition coefficient (Wildman–Crippen LogP) is 3.46. The maximum atomic E-state index is 12.7. The molecule has 2 unspecified atom stereocenters. The summed E-state index contributed by atoms with van der Waals surface area (Å²) < 4.78 is 5.90. The third-order valence-electron chi connectivity index (χ3n) is 5.44. The molecule has 2 aromatic carbocycles. The van der Waals surface area contributed by atoms with Crippen LogP contribution in [0.5, 0.6) is 11.5 Å². The Hall–Kier alpha value is -3.35. The third kappa shape index (κ3) is 3.94. The van der Waals surface area contributed by atoms with Gasteiger partial charge in [-0.15, -0.1) is 0 Å². The van der Waals surface area contributed by atoms with Crippen LogP contribution in [0.4, 0.5) is 4.79 Å². The van der Waals surface area contributed by atoms with Crippen LogP contribution in [0.3, 0.4) is 0 Å². The van der Waals surface area contributed by atoms with Crippen LogP contribution in [0.15, 0.2) is 54.6 Å². The molecule has 2 saturated heterocycles. The average molecular weight is 394 g/mol. The fourth-order valence-electron chi connectivity index (χ4n) is 3.89. The summed E-state index contributed by atoms with van der Waals surface area (Å²) in [7, 11) is 0. The van der Waals surface area contributed by atoms with Crippen molar-refractivity contribution in [2.75, 3.05) is 13.1 Å². The Morgan fingerprint density at radius 1 is 1.03 bits per heavy atom. The SMILES string of the molecule is O=C(O)C1CC(=O)N1C(=O)N1CCCC(c2cccc(Oc3ccccc3)c2)C1. The van der Waals surface area contributed by atoms with E-state index in [1.54, 1.807) is 4.90 Å². The molecule has 2 heterocycles. The average Bonchev–Trinajstić information content (AvgIpc) is 2.72. The molecule has 4 rings (SSSR count). The number of carboxylic acid groups (broad SMARTS) is 1. The lowest BCUT2D eigenvalue weighted by molar-refractivity contribution is -0.158. The summed E-state index contributed by atoms with van der Waals surface area (Å²) in [5, 5.41) is 9.17. The van der Waals surface area contributed by atoms with Crippen LogP contribution in [0.1, 0.15) is 30.7 Å². The van der Waals surface area contributed by atoms with Crippen molar-refractivity contribution in [3.63, 3.8) is 0 Å². The second-order valence-corrected chi connectivity index (χ2v) is 7.38. The highest BCUT2D eigenvalue weighted by molar-refractivity contribution is 6.05. The highest BCUT2D eigenvalue weighted by Crippen LogP contribution is 2.32. The van der Waals surface area contributed by atoms with E-state index in [2.05, 4.69) is 0 Å². The van der Waals surface area contributed by atoms with Crippen molar-refractivity contribution in [3.8, 4) is 11.5 Å². The van der Waals surface area contributed by atoms with E-state index >= 15 is 0 Å². The smallest absolute Gasteiger partial charge is 0.327 e. The van der Waals surface area contributed by atoms with Gasteiger partial charge >= 0.3 is 12.0 Å². The molecule has 7 nitrogen and oxygen atoms in total. The molecule has 29 heavy (non-hydrogen) atoms. The van der Waals surface area contributed by atoms with E-state index in [4.69, 9.17) is 4.74 Å². The lowest BCUT2D eigenvalue weighted by atomic mass is 9.90. The fourth-order valence-corrected chi connectivity index (χ4v) is 3.89. The van der Waals surface area contributed by atoms with Crippen LogP contribution < -0.4 is 4.74 Å². The number of hydrogen-bond donors (Lipinski definition) is 1. The van der Waals surface area contributed by atoms with E-state index in [0.29, 0.717) is 13.1 Å². The number of imide groups is 1. The topological polar surface area (TPSA) is 87.2 Å². The lowest BCUT2D eigenvalue weighted by Crippen LogP contribution is -2.63. The number of carboxylic acids is 1. The summed E-state index contributed by atoms with van der Waals surface area (Å²) in [5.41, 5.74) is 1.06. The number of aliphatic carboxylic acids is 1. The zero-order valence-corrected chi connectivity index (χ0v) is 15.9. The van der Waals surface area contributed by atoms with Gasteiger partial charge in [-0.25, -0.2) is 14.5 Å². The normalized spacial score (nSPS) is 21.4. The van der Waals surface area contributed by atoms with E-state index < -0.39 is 23.9 Å². The Morgan fingerprint density at radius 3 is 2.52 bits per heavy atom. The monoisotopic (exact) mass is 394 g/mol. The summed E-state index contributed by atoms with van der Waals surface area (Å²) in [6, 6.07) is 15.8. The minimum atomic E-state index is -1.14. The Labute approximate surface area is 168 Å². The number of ether oxygens (including phenoxy) is 1. The molecule has 150 valence electrons. The third-order valence-corrected chi connectivity index (χ3v) is 5.44. The summed E-state index contributed by atoms with van der Waals surface area (Å²) in [6.45, 7) is 0.968. The van der Waals surface area contributed by atoms with E-state index in [1.807, 2.05) is 54.6 Å². The molecule has 0 saturated carbocycles. The van der Waals surface area contributed by atoms with Crippen molar-refractivity contribution in [1.29, 1.82) is 0 Å². The van der Waals surface area contributed by atoms with Crippen molar-refractivity contribution >= 4 is 17.9 Å². The molecule has 2 aliphatic heterocycles. The largest absolute Gasteiger partial charge is 0.480 e. The highest BCUT2D eigenvalue weighted by Gasteiger charge is 2.47. The highest BCUT2D eigenvalue weighted by atomic mass is 16.5. The van der Waals surface area contributed by atoms with E-state index in [9.17, 15) is 19.5 Å². The maximum Gasteiger partial charge on any atom is 0.327 e. The Morgan fingerprint density at radius 2 is 1.79 bits per heavy atom. The van der Waals surface area contributed by atoms with Gasteiger partial charge in [0, 0.05) is 19.0 Å². The van der Waals surface area contributed by atoms with Crippen molar-refractivity contribution in [1.82, 2.24) is 9.80 Å². The molecule has 0 spiro atoms. The second-order valence-electron chi connectivity index (χ2n) is 7.38. The minimum absolute atomic E-state index is 0.103. The van der Waals surface area contributed by atoms with Crippen molar-refractivity contribution in [2.24, 2.45) is 0 Å². The van der Waals surface area contributed by atoms with Gasteiger partial charge in [0.2, 0.25) is 5.91 Å². The number of carbonyl (C=O) groups is 3. The van der Waals surface area contributed by atoms with Gasteiger partial charge in [-0.05, 0) is 42.7 Å². The number of rotatable bonds is 4. The Kier molecular flexibility index (Phi) is 5.20. The quantitative estimate of drug-likeness (QED) is 0.803. The molecule has 7 heteroatoms. The predicted molar refractivity (Wildman–Crippen MR) is 105 cm³/mol. The molecule has 2 aromatic rings. The lowest BCUT2D eigenvalue weighted by Gasteiger charge is -2.41. The van der Waals surface area contributed by atoms with Crippen LogP contribution in [0, 0.1) is 0 Å². The van der Waals surface area contributed by atoms with Crippen LogP contribution in [0.25, 0.3) is 0 Å². The number of β-lactam (4-membered cyclic amide) rings is 1. The zero-order chi connectivity index (χ0) is 20.4. The van der Waals surface area contributed by atoms with Crippen molar-refractivity contribution < 1.29 is 24.2 Å². The fraction of sp³-hybridized carbons (Fsp3) is 0.318. The van der Waals surface area contributed by atoms with Gasteiger partial charge in [-0.3, -0.25) is 4.79 Å². The number of nitrogens with zero attached hydrogens (tertiary/aromatic N) is 2. The number of urea groups is 1. The van der Waals surface area contributed by atoms with Gasteiger partial charge < -0.3 is 14.7 Å². The maximum absolute atomic E-state index is 12.7. The van der Waals surface area contributed by atoms with Gasteiger partial charge in [-0.2, -0.15) is 0 Å². The number of hydrogen-bond acceptors (Lipinski definition) is 4. The second kappa shape index (κ2) is 7.95. The van der Waals surface area contributed by atoms with Crippen molar-refractivity contribution in [3.05, 3.63) is 60.2 Å². The van der Waals surface area contributed by atoms with Gasteiger partial charge in [0.15, 0.2) is 0 Å². The molecular formula is C22H22N2O5. The molecular weight excluding hydrogens is 372 g/mol. The molecule has 0 aliphatic carbocycles. The van der Waals surface area contributed by atoms with Crippen LogP contribution >= 0.6 is 0 Å². The molecule has 1 N–H and O–H groups in total. The zero-order valence-electron chi connectivity index (χ0n) is 15.9. The summed E-state index contributed by atoms with van der Waals surface area (Å²) in [5.74, 6) is 0.00820. The number of benzene rings is 2. The summed E-state index contributed by atoms with van der Waals surface area (Å²) in [4.78, 5) is 38.2. The van der Waals surface area contributed by atoms with Crippen LogP contribution in [-0.2, 0) is 9.59 Å². The van der Waals surface area contributed by atoms with E-state index in [-0.39, 0.29) is 12.3 Å². The molecule has 3 amide bonds. The molecule has 0 bridgehead atoms. The molecule has 2 aliphatic rings. The van der Waals surface area contributed by atoms with Gasteiger partial charge in [-0.1, -0.05) is 30.3 Å². The summed E-state index contributed by atoms with van der Waals surface area (Å²) in [6.07, 6.45) is 1.59. The number of piperidine rings is 1. The first-order chi connectivity index (χ1) is 14.0. The van der Waals surface area contributed by atoms with Crippen LogP contribution in [-0.4, -0.2) is 51.9 Å². The molecule has 0 aromatic heterocycles. The van der Waals surface area contributed by atoms with E-state index in [0.717, 1.165) is 34.8 Å². The first-order valence-electron chi connectivity index (χ1n) is 9.69. The number of para-hydroxylation sites is 1. The first-order valence-corrected chi connectivity index (χ1v) is 9.69. The Bertz CT molecular complexity index is 930. The molecule has 2 fully saturated rings. The van der Waals surface area contributed by atoms with Crippen LogP contribution in [0.2, 0.25) is 0 Å².